The third-order valence-electron chi connectivity index (χ3n) is 3.14. The number of pyridine rings is 1. The van der Waals surface area contributed by atoms with E-state index in [-0.39, 0.29) is 5.56 Å². The number of hydrogen-bond acceptors (Lipinski definition) is 4. The van der Waals surface area contributed by atoms with Crippen LogP contribution < -0.4 is 10.3 Å². The predicted molar refractivity (Wildman–Crippen MR) is 78.5 cm³/mol. The molecule has 0 atom stereocenters. The maximum absolute atomic E-state index is 12.1. The Bertz CT molecular complexity index is 841. The molecule has 0 amide bonds. The van der Waals surface area contributed by atoms with Gasteiger partial charge >= 0.3 is 0 Å². The molecule has 21 heavy (non-hydrogen) atoms. The molecule has 0 spiro atoms. The van der Waals surface area contributed by atoms with E-state index in [1.807, 2.05) is 13.8 Å². The summed E-state index contributed by atoms with van der Waals surface area (Å²) in [6.45, 7) is 3.64. The molecule has 0 aliphatic carbocycles. The first-order chi connectivity index (χ1) is 10.00. The van der Waals surface area contributed by atoms with Crippen LogP contribution in [0.2, 0.25) is 0 Å². The van der Waals surface area contributed by atoms with Crippen LogP contribution in [0, 0.1) is 11.3 Å². The van der Waals surface area contributed by atoms with Crippen LogP contribution in [0.3, 0.4) is 0 Å². The molecule has 1 aromatic heterocycles. The summed E-state index contributed by atoms with van der Waals surface area (Å²) in [5.74, 6) is 1.10. The van der Waals surface area contributed by atoms with Crippen LogP contribution in [0.25, 0.3) is 0 Å². The molecular weight excluding hydrogens is 266 g/mol. The summed E-state index contributed by atoms with van der Waals surface area (Å²) in [6.07, 6.45) is 1.66. The first-order valence-electron chi connectivity index (χ1n) is 6.52. The Morgan fingerprint density at radius 3 is 2.81 bits per heavy atom. The lowest BCUT2D eigenvalue weighted by Gasteiger charge is -2.30. The quantitative estimate of drug-likeness (QED) is 0.742. The highest BCUT2D eigenvalue weighted by Crippen LogP contribution is 2.31. The molecule has 0 N–H and O–H groups in total. The molecule has 0 unspecified atom stereocenters. The predicted octanol–water partition coefficient (Wildman–Crippen LogP) is 2.14. The smallest absolute Gasteiger partial charge is 0.256 e. The normalized spacial score (nSPS) is 15.4. The maximum Gasteiger partial charge on any atom is 0.256 e. The average molecular weight is 279 g/mol. The first-order valence-corrected chi connectivity index (χ1v) is 6.52. The van der Waals surface area contributed by atoms with Gasteiger partial charge in [-0.1, -0.05) is 6.07 Å². The van der Waals surface area contributed by atoms with E-state index in [2.05, 4.69) is 11.1 Å². The summed E-state index contributed by atoms with van der Waals surface area (Å²) in [5.41, 5.74) is 0.184. The summed E-state index contributed by atoms with van der Waals surface area (Å²) in [5, 5.41) is 9.05. The van der Waals surface area contributed by atoms with E-state index in [1.54, 1.807) is 36.5 Å². The van der Waals surface area contributed by atoms with E-state index in [0.29, 0.717) is 22.7 Å². The van der Waals surface area contributed by atoms with Crippen LogP contribution in [-0.4, -0.2) is 16.1 Å². The Hall–Kier alpha value is -2.87. The van der Waals surface area contributed by atoms with Crippen molar-refractivity contribution in [1.82, 2.24) is 4.57 Å². The molecule has 1 aliphatic rings. The van der Waals surface area contributed by atoms with Gasteiger partial charge in [0.05, 0.1) is 17.2 Å². The standard InChI is InChI=1S/C16H13N3O2/c1-16(2)18-15(19-8-4-3-5-14(19)20)12-9-11(10-17)6-7-13(12)21-16/h3-9H,1-2H3. The van der Waals surface area contributed by atoms with Crippen LogP contribution in [0.4, 0.5) is 0 Å². The van der Waals surface area contributed by atoms with Crippen LogP contribution >= 0.6 is 0 Å². The number of rotatable bonds is 0. The SMILES string of the molecule is CC1(C)N=C(n2ccccc2=O)c2cc(C#N)ccc2O1. The molecule has 5 heteroatoms. The average Bonchev–Trinajstić information content (AvgIpc) is 2.46. The molecule has 5 nitrogen and oxygen atoms in total. The Balaban J connectivity index is 2.29. The fourth-order valence-corrected chi connectivity index (χ4v) is 2.26. The minimum atomic E-state index is -0.772. The van der Waals surface area contributed by atoms with Crippen molar-refractivity contribution in [2.45, 2.75) is 19.6 Å². The van der Waals surface area contributed by atoms with Gasteiger partial charge in [0.25, 0.3) is 5.56 Å². The van der Waals surface area contributed by atoms with Crippen LogP contribution in [0.1, 0.15) is 25.0 Å². The van der Waals surface area contributed by atoms with Crippen molar-refractivity contribution >= 4 is 5.84 Å². The molecule has 1 aliphatic heterocycles. The molecular formula is C16H13N3O2. The molecule has 0 radical (unpaired) electrons. The highest BCUT2D eigenvalue weighted by atomic mass is 16.5. The number of nitrogens with zero attached hydrogens (tertiary/aromatic N) is 3. The number of aliphatic imine (C=N–C) groups is 1. The summed E-state index contributed by atoms with van der Waals surface area (Å²) < 4.78 is 7.26. The minimum Gasteiger partial charge on any atom is -0.466 e. The fourth-order valence-electron chi connectivity index (χ4n) is 2.26. The molecule has 3 rings (SSSR count). The van der Waals surface area contributed by atoms with Gasteiger partial charge in [-0.2, -0.15) is 5.26 Å². The largest absolute Gasteiger partial charge is 0.466 e. The van der Waals surface area contributed by atoms with Crippen LogP contribution in [0.15, 0.2) is 52.4 Å². The van der Waals surface area contributed by atoms with Crippen molar-refractivity contribution in [1.29, 1.82) is 5.26 Å². The van der Waals surface area contributed by atoms with Crippen molar-refractivity contribution in [2.24, 2.45) is 4.99 Å². The van der Waals surface area contributed by atoms with Gasteiger partial charge in [0.2, 0.25) is 0 Å². The number of hydrogen-bond donors (Lipinski definition) is 0. The van der Waals surface area contributed by atoms with E-state index >= 15 is 0 Å². The van der Waals surface area contributed by atoms with E-state index in [4.69, 9.17) is 10.00 Å². The molecule has 0 bridgehead atoms. The minimum absolute atomic E-state index is 0.178. The molecule has 0 saturated carbocycles. The number of nitriles is 1. The molecule has 104 valence electrons. The number of aromatic nitrogens is 1. The molecule has 2 heterocycles. The van der Waals surface area contributed by atoms with Crippen molar-refractivity contribution in [3.63, 3.8) is 0 Å². The first kappa shape index (κ1) is 13.1. The lowest BCUT2D eigenvalue weighted by atomic mass is 10.1. The number of benzene rings is 1. The van der Waals surface area contributed by atoms with Crippen LogP contribution in [-0.2, 0) is 0 Å². The second kappa shape index (κ2) is 4.60. The zero-order valence-electron chi connectivity index (χ0n) is 11.7. The van der Waals surface area contributed by atoms with Crippen molar-refractivity contribution in [3.05, 3.63) is 64.1 Å². The summed E-state index contributed by atoms with van der Waals surface area (Å²) >= 11 is 0. The molecule has 2 aromatic rings. The van der Waals surface area contributed by atoms with E-state index < -0.39 is 5.72 Å². The van der Waals surface area contributed by atoms with Crippen LogP contribution in [0.5, 0.6) is 5.75 Å². The second-order valence-electron chi connectivity index (χ2n) is 5.22. The summed E-state index contributed by atoms with van der Waals surface area (Å²) in [4.78, 5) is 16.6. The van der Waals surface area contributed by atoms with Gasteiger partial charge in [-0.15, -0.1) is 0 Å². The Kier molecular flexibility index (Phi) is 2.88. The third kappa shape index (κ3) is 2.32. The van der Waals surface area contributed by atoms with E-state index in [0.717, 1.165) is 0 Å². The Morgan fingerprint density at radius 2 is 2.10 bits per heavy atom. The topological polar surface area (TPSA) is 67.4 Å². The van der Waals surface area contributed by atoms with Gasteiger partial charge in [-0.05, 0) is 38.1 Å². The van der Waals surface area contributed by atoms with Gasteiger partial charge < -0.3 is 4.74 Å². The maximum atomic E-state index is 12.1. The highest BCUT2D eigenvalue weighted by Gasteiger charge is 2.29. The van der Waals surface area contributed by atoms with Gasteiger partial charge in [0.1, 0.15) is 11.6 Å². The zero-order chi connectivity index (χ0) is 15.0. The Labute approximate surface area is 121 Å². The lowest BCUT2D eigenvalue weighted by Crippen LogP contribution is -2.37. The van der Waals surface area contributed by atoms with Gasteiger partial charge in [0.15, 0.2) is 5.72 Å². The zero-order valence-corrected chi connectivity index (χ0v) is 11.7. The van der Waals surface area contributed by atoms with Crippen molar-refractivity contribution in [3.8, 4) is 11.8 Å². The van der Waals surface area contributed by atoms with Crippen molar-refractivity contribution in [2.75, 3.05) is 0 Å². The van der Waals surface area contributed by atoms with Crippen molar-refractivity contribution < 1.29 is 4.74 Å². The van der Waals surface area contributed by atoms with Gasteiger partial charge in [0, 0.05) is 12.3 Å². The molecule has 1 aromatic carbocycles. The van der Waals surface area contributed by atoms with E-state index in [1.165, 1.54) is 10.6 Å². The summed E-state index contributed by atoms with van der Waals surface area (Å²) in [7, 11) is 0. The Morgan fingerprint density at radius 1 is 1.29 bits per heavy atom. The number of ether oxygens (including phenoxy) is 1. The van der Waals surface area contributed by atoms with Gasteiger partial charge in [-0.3, -0.25) is 9.36 Å². The highest BCUT2D eigenvalue weighted by molar-refractivity contribution is 6.03. The van der Waals surface area contributed by atoms with Gasteiger partial charge in [-0.25, -0.2) is 4.99 Å². The lowest BCUT2D eigenvalue weighted by molar-refractivity contribution is 0.114. The monoisotopic (exact) mass is 279 g/mol. The number of fused-ring (bicyclic) bond motifs is 1. The third-order valence-corrected chi connectivity index (χ3v) is 3.14. The molecule has 0 saturated heterocycles. The second-order valence-corrected chi connectivity index (χ2v) is 5.22. The summed E-state index contributed by atoms with van der Waals surface area (Å²) in [6, 6.07) is 12.1. The fraction of sp³-hybridized carbons (Fsp3) is 0.188. The molecule has 0 fully saturated rings. The van der Waals surface area contributed by atoms with E-state index in [9.17, 15) is 4.79 Å².